The molecule has 0 bridgehead atoms. The van der Waals surface area contributed by atoms with Crippen molar-refractivity contribution in [1.29, 1.82) is 0 Å². The average Bonchev–Trinajstić information content (AvgIpc) is 3.10. The van der Waals surface area contributed by atoms with Gasteiger partial charge in [-0.25, -0.2) is 12.7 Å². The first-order valence-corrected chi connectivity index (χ1v) is 9.25. The van der Waals surface area contributed by atoms with Gasteiger partial charge in [0.15, 0.2) is 11.7 Å². The molecule has 0 saturated carbocycles. The number of sulfonamides is 1. The van der Waals surface area contributed by atoms with Crippen LogP contribution in [0.25, 0.3) is 0 Å². The normalized spacial score (nSPS) is 14.1. The van der Waals surface area contributed by atoms with E-state index in [-0.39, 0.29) is 4.90 Å². The van der Waals surface area contributed by atoms with Gasteiger partial charge in [0, 0.05) is 20.6 Å². The van der Waals surface area contributed by atoms with Crippen molar-refractivity contribution in [3.05, 3.63) is 48.5 Å². The first-order chi connectivity index (χ1) is 12.0. The first-order valence-electron chi connectivity index (χ1n) is 7.81. The Morgan fingerprint density at radius 2 is 1.92 bits per heavy atom. The van der Waals surface area contributed by atoms with E-state index in [1.54, 1.807) is 12.1 Å². The molecule has 7 nitrogen and oxygen atoms in total. The SMILES string of the molecule is CN(C)S(=O)(=O)c1ccc(Oc2ccccc2)c(NC2=NCCN2)c1. The van der Waals surface area contributed by atoms with E-state index in [0.29, 0.717) is 29.7 Å². The van der Waals surface area contributed by atoms with E-state index in [2.05, 4.69) is 15.6 Å². The third-order valence-corrected chi connectivity index (χ3v) is 5.44. The van der Waals surface area contributed by atoms with Crippen LogP contribution in [-0.4, -0.2) is 45.9 Å². The fourth-order valence-electron chi connectivity index (χ4n) is 2.29. The summed E-state index contributed by atoms with van der Waals surface area (Å²) in [6, 6.07) is 14.0. The highest BCUT2D eigenvalue weighted by molar-refractivity contribution is 7.89. The van der Waals surface area contributed by atoms with E-state index >= 15 is 0 Å². The summed E-state index contributed by atoms with van der Waals surface area (Å²) < 4.78 is 31.9. The Bertz CT molecular complexity index is 880. The van der Waals surface area contributed by atoms with Crippen molar-refractivity contribution in [1.82, 2.24) is 9.62 Å². The molecule has 25 heavy (non-hydrogen) atoms. The predicted molar refractivity (Wildman–Crippen MR) is 97.8 cm³/mol. The molecule has 0 spiro atoms. The summed E-state index contributed by atoms with van der Waals surface area (Å²) in [4.78, 5) is 4.46. The molecule has 1 heterocycles. The number of guanidine groups is 1. The van der Waals surface area contributed by atoms with Crippen LogP contribution in [0.3, 0.4) is 0 Å². The summed E-state index contributed by atoms with van der Waals surface area (Å²) in [6.07, 6.45) is 0. The van der Waals surface area contributed by atoms with Crippen LogP contribution in [0, 0.1) is 0 Å². The van der Waals surface area contributed by atoms with Crippen molar-refractivity contribution in [2.45, 2.75) is 4.90 Å². The summed E-state index contributed by atoms with van der Waals surface area (Å²) in [7, 11) is -0.546. The molecule has 0 amide bonds. The summed E-state index contributed by atoms with van der Waals surface area (Å²) in [5, 5.41) is 6.21. The largest absolute Gasteiger partial charge is 0.455 e. The van der Waals surface area contributed by atoms with Gasteiger partial charge in [-0.2, -0.15) is 0 Å². The van der Waals surface area contributed by atoms with Crippen LogP contribution in [0.5, 0.6) is 11.5 Å². The highest BCUT2D eigenvalue weighted by Crippen LogP contribution is 2.32. The molecule has 1 aliphatic heterocycles. The molecule has 2 aromatic carbocycles. The zero-order valence-corrected chi connectivity index (χ0v) is 14.9. The second kappa shape index (κ2) is 7.12. The van der Waals surface area contributed by atoms with Crippen LogP contribution in [0.1, 0.15) is 0 Å². The van der Waals surface area contributed by atoms with Crippen molar-refractivity contribution < 1.29 is 13.2 Å². The Kier molecular flexibility index (Phi) is 4.91. The van der Waals surface area contributed by atoms with E-state index in [0.717, 1.165) is 6.54 Å². The zero-order valence-electron chi connectivity index (χ0n) is 14.1. The lowest BCUT2D eigenvalue weighted by molar-refractivity contribution is 0.484. The molecule has 0 aliphatic carbocycles. The van der Waals surface area contributed by atoms with Crippen LogP contribution < -0.4 is 15.4 Å². The molecule has 2 aromatic rings. The number of anilines is 1. The van der Waals surface area contributed by atoms with Gasteiger partial charge in [-0.05, 0) is 30.3 Å². The Labute approximate surface area is 147 Å². The van der Waals surface area contributed by atoms with Crippen molar-refractivity contribution >= 4 is 21.7 Å². The fourth-order valence-corrected chi connectivity index (χ4v) is 3.22. The minimum absolute atomic E-state index is 0.180. The van der Waals surface area contributed by atoms with E-state index in [1.807, 2.05) is 30.3 Å². The van der Waals surface area contributed by atoms with Gasteiger partial charge in [0.1, 0.15) is 5.75 Å². The number of nitrogens with zero attached hydrogens (tertiary/aromatic N) is 2. The summed E-state index contributed by atoms with van der Waals surface area (Å²) in [5.74, 6) is 1.77. The minimum Gasteiger partial charge on any atom is -0.455 e. The number of hydrogen-bond donors (Lipinski definition) is 2. The maximum atomic E-state index is 12.4. The summed E-state index contributed by atoms with van der Waals surface area (Å²) in [6.45, 7) is 1.42. The molecule has 0 aromatic heterocycles. The maximum absolute atomic E-state index is 12.4. The lowest BCUT2D eigenvalue weighted by Gasteiger charge is -2.16. The van der Waals surface area contributed by atoms with Crippen molar-refractivity contribution in [3.63, 3.8) is 0 Å². The van der Waals surface area contributed by atoms with Crippen LogP contribution >= 0.6 is 0 Å². The summed E-state index contributed by atoms with van der Waals surface area (Å²) >= 11 is 0. The molecule has 1 aliphatic rings. The number of nitrogens with one attached hydrogen (secondary N) is 2. The van der Waals surface area contributed by atoms with E-state index < -0.39 is 10.0 Å². The lowest BCUT2D eigenvalue weighted by atomic mass is 10.3. The second-order valence-corrected chi connectivity index (χ2v) is 7.79. The van der Waals surface area contributed by atoms with Gasteiger partial charge < -0.3 is 15.4 Å². The number of rotatable bonds is 5. The molecular formula is C17H20N4O3S. The molecule has 2 N–H and O–H groups in total. The molecule has 8 heteroatoms. The van der Waals surface area contributed by atoms with Crippen molar-refractivity contribution in [2.75, 3.05) is 32.5 Å². The van der Waals surface area contributed by atoms with Gasteiger partial charge in [0.05, 0.1) is 17.1 Å². The number of aliphatic imine (C=N–C) groups is 1. The number of hydrogen-bond acceptors (Lipinski definition) is 6. The zero-order chi connectivity index (χ0) is 17.9. The van der Waals surface area contributed by atoms with Gasteiger partial charge in [-0.15, -0.1) is 0 Å². The number of ether oxygens (including phenoxy) is 1. The molecule has 0 radical (unpaired) electrons. The molecule has 0 saturated heterocycles. The van der Waals surface area contributed by atoms with Crippen molar-refractivity contribution in [2.24, 2.45) is 4.99 Å². The van der Waals surface area contributed by atoms with Gasteiger partial charge in [-0.1, -0.05) is 18.2 Å². The average molecular weight is 360 g/mol. The Morgan fingerprint density at radius 3 is 2.56 bits per heavy atom. The Balaban J connectivity index is 1.98. The van der Waals surface area contributed by atoms with Gasteiger partial charge in [0.25, 0.3) is 0 Å². The molecule has 0 unspecified atom stereocenters. The van der Waals surface area contributed by atoms with E-state index in [4.69, 9.17) is 4.74 Å². The van der Waals surface area contributed by atoms with Crippen LogP contribution in [0.15, 0.2) is 58.4 Å². The molecule has 0 atom stereocenters. The Morgan fingerprint density at radius 1 is 1.16 bits per heavy atom. The lowest BCUT2D eigenvalue weighted by Crippen LogP contribution is -2.27. The maximum Gasteiger partial charge on any atom is 0.242 e. The topological polar surface area (TPSA) is 83.0 Å². The number of para-hydroxylation sites is 1. The third kappa shape index (κ3) is 3.92. The van der Waals surface area contributed by atoms with Crippen LogP contribution in [0.4, 0.5) is 5.69 Å². The molecule has 132 valence electrons. The highest BCUT2D eigenvalue weighted by atomic mass is 32.2. The van der Waals surface area contributed by atoms with Gasteiger partial charge in [-0.3, -0.25) is 4.99 Å². The number of benzene rings is 2. The smallest absolute Gasteiger partial charge is 0.242 e. The van der Waals surface area contributed by atoms with Crippen molar-refractivity contribution in [3.8, 4) is 11.5 Å². The third-order valence-electron chi connectivity index (χ3n) is 3.63. The summed E-state index contributed by atoms with van der Waals surface area (Å²) in [5.41, 5.74) is 0.528. The van der Waals surface area contributed by atoms with Gasteiger partial charge in [0.2, 0.25) is 10.0 Å². The second-order valence-electron chi connectivity index (χ2n) is 5.64. The molecule has 0 fully saturated rings. The van der Waals surface area contributed by atoms with Gasteiger partial charge >= 0.3 is 0 Å². The van der Waals surface area contributed by atoms with Crippen LogP contribution in [-0.2, 0) is 10.0 Å². The monoisotopic (exact) mass is 360 g/mol. The molecular weight excluding hydrogens is 340 g/mol. The van der Waals surface area contributed by atoms with E-state index in [1.165, 1.54) is 24.5 Å². The fraction of sp³-hybridized carbons (Fsp3) is 0.235. The predicted octanol–water partition coefficient (Wildman–Crippen LogP) is 2.10. The standard InChI is InChI=1S/C17H20N4O3S/c1-21(2)25(22,23)14-8-9-16(24-13-6-4-3-5-7-13)15(12-14)20-17-18-10-11-19-17/h3-9,12H,10-11H2,1-2H3,(H2,18,19,20). The molecule has 3 rings (SSSR count). The quantitative estimate of drug-likeness (QED) is 0.853. The Hall–Kier alpha value is -2.58. The first kappa shape index (κ1) is 17.2. The van der Waals surface area contributed by atoms with E-state index in [9.17, 15) is 8.42 Å². The minimum atomic E-state index is -3.55. The highest BCUT2D eigenvalue weighted by Gasteiger charge is 2.20. The van der Waals surface area contributed by atoms with Crippen LogP contribution in [0.2, 0.25) is 0 Å².